The molecule has 2 heterocycles. The molecule has 0 fully saturated rings. The Morgan fingerprint density at radius 3 is 2.53 bits per heavy atom. The second kappa shape index (κ2) is 12.3. The summed E-state index contributed by atoms with van der Waals surface area (Å²) in [5, 5.41) is 8.65. The van der Waals surface area contributed by atoms with E-state index in [9.17, 15) is 9.59 Å². The van der Waals surface area contributed by atoms with Crippen LogP contribution in [0.3, 0.4) is 0 Å². The first-order valence-corrected chi connectivity index (χ1v) is 14.3. The molecule has 0 spiro atoms. The average molecular weight is 637 g/mol. The molecule has 9 nitrogen and oxygen atoms in total. The summed E-state index contributed by atoms with van der Waals surface area (Å²) in [6, 6.07) is 29.1. The number of carbonyl (C=O) groups excluding carboxylic acids is 1. The zero-order valence-corrected chi connectivity index (χ0v) is 24.6. The normalized spacial score (nSPS) is 11.3. The Bertz CT molecular complexity index is 2000. The molecule has 43 heavy (non-hydrogen) atoms. The Labute approximate surface area is 254 Å². The number of ether oxygens (including phenoxy) is 2. The number of fused-ring (bicyclic) bond motifs is 2. The van der Waals surface area contributed by atoms with Crippen LogP contribution in [0, 0.1) is 0 Å². The van der Waals surface area contributed by atoms with Crippen LogP contribution in [0.4, 0.5) is 5.69 Å². The van der Waals surface area contributed by atoms with Gasteiger partial charge in [0.25, 0.3) is 11.5 Å². The standard InChI is InChI=1S/C33H25BrN4O5/c1-2-41-28-17-22(25(34)18-29(28)42-20-31(39)36-23-11-4-3-5-12-23)19-35-38-32(30-16-21-10-6-9-15-27(21)43-30)37-26-14-8-7-13-24(26)33(38)40/h3-19H,2,20H2,1H3,(H,36,39). The summed E-state index contributed by atoms with van der Waals surface area (Å²) in [6.45, 7) is 2.00. The number of nitrogens with one attached hydrogen (secondary N) is 1. The number of nitrogens with zero attached hydrogens (tertiary/aromatic N) is 3. The third kappa shape index (κ3) is 6.05. The zero-order valence-electron chi connectivity index (χ0n) is 23.0. The lowest BCUT2D eigenvalue weighted by Gasteiger charge is -2.14. The van der Waals surface area contributed by atoms with E-state index in [1.54, 1.807) is 42.5 Å². The van der Waals surface area contributed by atoms with Crippen LogP contribution in [0.25, 0.3) is 33.5 Å². The van der Waals surface area contributed by atoms with Crippen molar-refractivity contribution < 1.29 is 18.7 Å². The number of para-hydroxylation sites is 3. The van der Waals surface area contributed by atoms with E-state index < -0.39 is 0 Å². The molecule has 0 saturated heterocycles. The molecule has 2 aromatic heterocycles. The van der Waals surface area contributed by atoms with Gasteiger partial charge in [0.05, 0.1) is 23.7 Å². The molecule has 1 amide bonds. The van der Waals surface area contributed by atoms with E-state index in [4.69, 9.17) is 18.9 Å². The van der Waals surface area contributed by atoms with Gasteiger partial charge < -0.3 is 19.2 Å². The number of carbonyl (C=O) groups is 1. The SMILES string of the molecule is CCOc1cc(C=Nn2c(-c3cc4ccccc4o3)nc3ccccc3c2=O)c(Br)cc1OCC(=O)Nc1ccccc1. The predicted molar refractivity (Wildman–Crippen MR) is 170 cm³/mol. The van der Waals surface area contributed by atoms with Crippen molar-refractivity contribution in [2.75, 3.05) is 18.5 Å². The number of halogens is 1. The minimum absolute atomic E-state index is 0.214. The minimum Gasteiger partial charge on any atom is -0.490 e. The van der Waals surface area contributed by atoms with Crippen molar-refractivity contribution in [3.8, 4) is 23.1 Å². The summed E-state index contributed by atoms with van der Waals surface area (Å²) < 4.78 is 19.5. The third-order valence-corrected chi connectivity index (χ3v) is 7.18. The number of hydrogen-bond acceptors (Lipinski definition) is 7. The maximum atomic E-state index is 13.6. The molecule has 4 aromatic carbocycles. The van der Waals surface area contributed by atoms with Crippen molar-refractivity contribution in [2.24, 2.45) is 5.10 Å². The van der Waals surface area contributed by atoms with E-state index in [0.717, 1.165) is 5.39 Å². The highest BCUT2D eigenvalue weighted by atomic mass is 79.9. The van der Waals surface area contributed by atoms with E-state index in [0.29, 0.717) is 56.1 Å². The molecule has 0 saturated carbocycles. The molecule has 0 atom stereocenters. The maximum absolute atomic E-state index is 13.6. The monoisotopic (exact) mass is 636 g/mol. The highest BCUT2D eigenvalue weighted by Gasteiger charge is 2.17. The number of hydrogen-bond donors (Lipinski definition) is 1. The molecule has 0 radical (unpaired) electrons. The van der Waals surface area contributed by atoms with Gasteiger partial charge in [-0.15, -0.1) is 0 Å². The molecule has 0 unspecified atom stereocenters. The molecule has 1 N–H and O–H groups in total. The molecular weight excluding hydrogens is 612 g/mol. The molecule has 10 heteroatoms. The number of aromatic nitrogens is 2. The van der Waals surface area contributed by atoms with Gasteiger partial charge in [-0.1, -0.05) is 48.5 Å². The van der Waals surface area contributed by atoms with Crippen LogP contribution in [0.1, 0.15) is 12.5 Å². The van der Waals surface area contributed by atoms with Crippen molar-refractivity contribution in [3.63, 3.8) is 0 Å². The molecule has 0 aliphatic carbocycles. The van der Waals surface area contributed by atoms with Gasteiger partial charge in [-0.05, 0) is 71.4 Å². The highest BCUT2D eigenvalue weighted by Crippen LogP contribution is 2.34. The van der Waals surface area contributed by atoms with Crippen LogP contribution < -0.4 is 20.3 Å². The molecule has 0 aliphatic heterocycles. The second-order valence-electron chi connectivity index (χ2n) is 9.42. The maximum Gasteiger partial charge on any atom is 0.282 e. The smallest absolute Gasteiger partial charge is 0.282 e. The first-order valence-electron chi connectivity index (χ1n) is 13.5. The number of furan rings is 1. The summed E-state index contributed by atoms with van der Waals surface area (Å²) in [5.41, 5.74) is 2.15. The minimum atomic E-state index is -0.345. The predicted octanol–water partition coefficient (Wildman–Crippen LogP) is 6.87. The lowest BCUT2D eigenvalue weighted by atomic mass is 10.2. The van der Waals surface area contributed by atoms with Crippen LogP contribution in [-0.4, -0.2) is 35.0 Å². The molecule has 214 valence electrons. The quantitative estimate of drug-likeness (QED) is 0.174. The first-order chi connectivity index (χ1) is 21.0. The van der Waals surface area contributed by atoms with E-state index in [1.807, 2.05) is 61.5 Å². The van der Waals surface area contributed by atoms with Crippen molar-refractivity contribution in [3.05, 3.63) is 117 Å². The lowest BCUT2D eigenvalue weighted by molar-refractivity contribution is -0.118. The summed E-state index contributed by atoms with van der Waals surface area (Å²) >= 11 is 3.56. The fraction of sp³-hybridized carbons (Fsp3) is 0.0909. The Morgan fingerprint density at radius 2 is 1.72 bits per heavy atom. The lowest BCUT2D eigenvalue weighted by Crippen LogP contribution is -2.20. The van der Waals surface area contributed by atoms with Gasteiger partial charge in [0.2, 0.25) is 5.82 Å². The van der Waals surface area contributed by atoms with Crippen molar-refractivity contribution in [1.29, 1.82) is 0 Å². The van der Waals surface area contributed by atoms with Gasteiger partial charge in [-0.3, -0.25) is 9.59 Å². The first kappa shape index (κ1) is 27.9. The van der Waals surface area contributed by atoms with Crippen molar-refractivity contribution >= 4 is 55.6 Å². The Hall–Kier alpha value is -5.22. The average Bonchev–Trinajstić information content (AvgIpc) is 3.46. The van der Waals surface area contributed by atoms with Gasteiger partial charge >= 0.3 is 0 Å². The number of rotatable bonds is 9. The largest absolute Gasteiger partial charge is 0.490 e. The highest BCUT2D eigenvalue weighted by molar-refractivity contribution is 9.10. The summed E-state index contributed by atoms with van der Waals surface area (Å²) in [6.07, 6.45) is 1.53. The number of benzene rings is 4. The number of anilines is 1. The zero-order chi connectivity index (χ0) is 29.8. The van der Waals surface area contributed by atoms with Gasteiger partial charge in [0, 0.05) is 21.1 Å². The molecule has 0 aliphatic rings. The summed E-state index contributed by atoms with van der Waals surface area (Å²) in [7, 11) is 0. The fourth-order valence-corrected chi connectivity index (χ4v) is 4.92. The Balaban J connectivity index is 1.34. The van der Waals surface area contributed by atoms with Gasteiger partial charge in [-0.25, -0.2) is 4.98 Å². The molecule has 0 bridgehead atoms. The van der Waals surface area contributed by atoms with Crippen LogP contribution in [0.2, 0.25) is 0 Å². The fourth-order valence-electron chi connectivity index (χ4n) is 4.50. The van der Waals surface area contributed by atoms with Gasteiger partial charge in [0.1, 0.15) is 5.58 Å². The summed E-state index contributed by atoms with van der Waals surface area (Å²) in [5.74, 6) is 1.16. The van der Waals surface area contributed by atoms with Gasteiger partial charge in [0.15, 0.2) is 23.9 Å². The molecule has 6 rings (SSSR count). The van der Waals surface area contributed by atoms with Crippen LogP contribution in [0.5, 0.6) is 11.5 Å². The van der Waals surface area contributed by atoms with Crippen molar-refractivity contribution in [2.45, 2.75) is 6.92 Å². The third-order valence-electron chi connectivity index (χ3n) is 6.49. The van der Waals surface area contributed by atoms with E-state index in [1.165, 1.54) is 10.9 Å². The van der Waals surface area contributed by atoms with E-state index >= 15 is 0 Å². The van der Waals surface area contributed by atoms with Gasteiger partial charge in [-0.2, -0.15) is 9.78 Å². The second-order valence-corrected chi connectivity index (χ2v) is 10.3. The summed E-state index contributed by atoms with van der Waals surface area (Å²) in [4.78, 5) is 30.8. The van der Waals surface area contributed by atoms with Crippen LogP contribution in [0.15, 0.2) is 116 Å². The number of amides is 1. The van der Waals surface area contributed by atoms with E-state index in [2.05, 4.69) is 26.3 Å². The molecule has 6 aromatic rings. The van der Waals surface area contributed by atoms with E-state index in [-0.39, 0.29) is 23.9 Å². The van der Waals surface area contributed by atoms with Crippen molar-refractivity contribution in [1.82, 2.24) is 9.66 Å². The Kier molecular flexibility index (Phi) is 8.01. The van der Waals surface area contributed by atoms with Crippen LogP contribution in [-0.2, 0) is 4.79 Å². The topological polar surface area (TPSA) is 108 Å². The van der Waals surface area contributed by atoms with Crippen LogP contribution >= 0.6 is 15.9 Å². The molecular formula is C33H25BrN4O5. The Morgan fingerprint density at radius 1 is 0.977 bits per heavy atom.